The van der Waals surface area contributed by atoms with E-state index in [4.69, 9.17) is 15.2 Å². The number of ether oxygens (including phenoxy) is 2. The van der Waals surface area contributed by atoms with Gasteiger partial charge in [-0.05, 0) is 32.0 Å². The second-order valence-electron chi connectivity index (χ2n) is 4.79. The van der Waals surface area contributed by atoms with Crippen molar-refractivity contribution in [3.05, 3.63) is 28.2 Å². The summed E-state index contributed by atoms with van der Waals surface area (Å²) in [4.78, 5) is 0. The van der Waals surface area contributed by atoms with Crippen molar-refractivity contribution in [3.63, 3.8) is 0 Å². The van der Waals surface area contributed by atoms with Crippen molar-refractivity contribution in [3.8, 4) is 5.75 Å². The van der Waals surface area contributed by atoms with Gasteiger partial charge in [0.25, 0.3) is 0 Å². The highest BCUT2D eigenvalue weighted by atomic mass is 79.9. The van der Waals surface area contributed by atoms with Gasteiger partial charge < -0.3 is 15.2 Å². The Hall–Kier alpha value is -0.580. The van der Waals surface area contributed by atoms with E-state index in [1.54, 1.807) is 7.11 Å². The molecule has 1 aliphatic rings. The standard InChI is InChI=1S/C13H18BrNO2/c1-8(16-3)13(2)7-11(15)10-6-9(14)4-5-12(10)17-13/h4-6,8,11H,7,15H2,1-3H3/t8?,11-,13?/m1/s1. The maximum atomic E-state index is 6.23. The molecule has 0 saturated carbocycles. The van der Waals surface area contributed by atoms with Crippen LogP contribution in [0.2, 0.25) is 0 Å². The molecule has 1 aromatic carbocycles. The summed E-state index contributed by atoms with van der Waals surface area (Å²) in [6.07, 6.45) is 0.760. The van der Waals surface area contributed by atoms with Gasteiger partial charge in [-0.15, -0.1) is 0 Å². The van der Waals surface area contributed by atoms with Crippen LogP contribution in [-0.2, 0) is 4.74 Å². The van der Waals surface area contributed by atoms with Crippen LogP contribution in [0.4, 0.5) is 0 Å². The molecule has 2 unspecified atom stereocenters. The molecule has 17 heavy (non-hydrogen) atoms. The van der Waals surface area contributed by atoms with E-state index in [2.05, 4.69) is 15.9 Å². The van der Waals surface area contributed by atoms with Crippen LogP contribution in [0, 0.1) is 0 Å². The molecule has 0 bridgehead atoms. The van der Waals surface area contributed by atoms with Gasteiger partial charge in [-0.1, -0.05) is 15.9 Å². The van der Waals surface area contributed by atoms with E-state index in [-0.39, 0.29) is 17.7 Å². The van der Waals surface area contributed by atoms with Gasteiger partial charge in [0.2, 0.25) is 0 Å². The minimum Gasteiger partial charge on any atom is -0.484 e. The Bertz CT molecular complexity index is 424. The summed E-state index contributed by atoms with van der Waals surface area (Å²) in [6.45, 7) is 4.06. The Morgan fingerprint density at radius 1 is 1.59 bits per heavy atom. The molecule has 4 heteroatoms. The highest BCUT2D eigenvalue weighted by Crippen LogP contribution is 2.41. The molecule has 0 amide bonds. The Kier molecular flexibility index (Phi) is 3.48. The molecule has 0 fully saturated rings. The van der Waals surface area contributed by atoms with E-state index in [9.17, 15) is 0 Å². The predicted molar refractivity (Wildman–Crippen MR) is 71.2 cm³/mol. The Balaban J connectivity index is 2.36. The molecule has 3 atom stereocenters. The van der Waals surface area contributed by atoms with Gasteiger partial charge in [-0.2, -0.15) is 0 Å². The molecule has 2 rings (SSSR count). The Morgan fingerprint density at radius 3 is 2.94 bits per heavy atom. The van der Waals surface area contributed by atoms with Gasteiger partial charge in [-0.3, -0.25) is 0 Å². The average molecular weight is 300 g/mol. The van der Waals surface area contributed by atoms with Crippen LogP contribution in [0.1, 0.15) is 31.9 Å². The van der Waals surface area contributed by atoms with E-state index in [0.717, 1.165) is 22.2 Å². The zero-order valence-electron chi connectivity index (χ0n) is 10.4. The number of nitrogens with two attached hydrogens (primary N) is 1. The number of rotatable bonds is 2. The van der Waals surface area contributed by atoms with Gasteiger partial charge in [-0.25, -0.2) is 0 Å². The SMILES string of the molecule is COC(C)C1(C)C[C@@H](N)c2cc(Br)ccc2O1. The number of fused-ring (bicyclic) bond motifs is 1. The third-order valence-corrected chi connectivity index (χ3v) is 4.05. The van der Waals surface area contributed by atoms with Gasteiger partial charge in [0.05, 0.1) is 6.10 Å². The normalized spacial score (nSPS) is 29.4. The van der Waals surface area contributed by atoms with Gasteiger partial charge >= 0.3 is 0 Å². The highest BCUT2D eigenvalue weighted by Gasteiger charge is 2.40. The van der Waals surface area contributed by atoms with Crippen LogP contribution >= 0.6 is 15.9 Å². The number of methoxy groups -OCH3 is 1. The smallest absolute Gasteiger partial charge is 0.134 e. The minimum atomic E-state index is -0.366. The summed E-state index contributed by atoms with van der Waals surface area (Å²) in [5, 5.41) is 0. The molecule has 0 aromatic heterocycles. The largest absolute Gasteiger partial charge is 0.484 e. The molecule has 1 aliphatic heterocycles. The summed E-state index contributed by atoms with van der Waals surface area (Å²) >= 11 is 3.45. The van der Waals surface area contributed by atoms with Crippen molar-refractivity contribution in [2.75, 3.05) is 7.11 Å². The van der Waals surface area contributed by atoms with Gasteiger partial charge in [0.1, 0.15) is 11.4 Å². The lowest BCUT2D eigenvalue weighted by Crippen LogP contribution is -2.49. The number of hydrogen-bond acceptors (Lipinski definition) is 3. The van der Waals surface area contributed by atoms with Gasteiger partial charge in [0, 0.05) is 29.6 Å². The molecule has 0 aliphatic carbocycles. The monoisotopic (exact) mass is 299 g/mol. The molecule has 1 aromatic rings. The first-order chi connectivity index (χ1) is 7.96. The third-order valence-electron chi connectivity index (χ3n) is 3.55. The molecular weight excluding hydrogens is 282 g/mol. The molecule has 0 radical (unpaired) electrons. The van der Waals surface area contributed by atoms with Crippen LogP contribution in [0.25, 0.3) is 0 Å². The van der Waals surface area contributed by atoms with Crippen molar-refractivity contribution in [2.24, 2.45) is 5.73 Å². The second-order valence-corrected chi connectivity index (χ2v) is 5.70. The van der Waals surface area contributed by atoms with Crippen LogP contribution in [0.3, 0.4) is 0 Å². The topological polar surface area (TPSA) is 44.5 Å². The Labute approximate surface area is 110 Å². The average Bonchev–Trinajstić information content (AvgIpc) is 2.29. The van der Waals surface area contributed by atoms with Crippen molar-refractivity contribution >= 4 is 15.9 Å². The fourth-order valence-electron chi connectivity index (χ4n) is 2.24. The molecule has 94 valence electrons. The molecular formula is C13H18BrNO2. The molecule has 0 saturated heterocycles. The van der Waals surface area contributed by atoms with Crippen LogP contribution < -0.4 is 10.5 Å². The number of benzene rings is 1. The van der Waals surface area contributed by atoms with E-state index >= 15 is 0 Å². The third kappa shape index (κ3) is 2.34. The van der Waals surface area contributed by atoms with E-state index in [0.29, 0.717) is 0 Å². The predicted octanol–water partition coefficient (Wildman–Crippen LogP) is 3.03. The van der Waals surface area contributed by atoms with E-state index < -0.39 is 0 Å². The summed E-state index contributed by atoms with van der Waals surface area (Å²) in [7, 11) is 1.70. The zero-order valence-corrected chi connectivity index (χ0v) is 12.0. The zero-order chi connectivity index (χ0) is 12.6. The lowest BCUT2D eigenvalue weighted by molar-refractivity contribution is -0.0707. The fraction of sp³-hybridized carbons (Fsp3) is 0.538. The molecule has 3 nitrogen and oxygen atoms in total. The van der Waals surface area contributed by atoms with Crippen LogP contribution in [0.15, 0.2) is 22.7 Å². The highest BCUT2D eigenvalue weighted by molar-refractivity contribution is 9.10. The minimum absolute atomic E-state index is 0.00495. The van der Waals surface area contributed by atoms with Crippen molar-refractivity contribution in [1.82, 2.24) is 0 Å². The molecule has 0 spiro atoms. The van der Waals surface area contributed by atoms with E-state index in [1.165, 1.54) is 0 Å². The first-order valence-corrected chi connectivity index (χ1v) is 6.52. The lowest BCUT2D eigenvalue weighted by Gasteiger charge is -2.41. The van der Waals surface area contributed by atoms with Crippen LogP contribution in [0.5, 0.6) is 5.75 Å². The summed E-state index contributed by atoms with van der Waals surface area (Å²) in [5.41, 5.74) is 6.92. The van der Waals surface area contributed by atoms with Crippen molar-refractivity contribution in [2.45, 2.75) is 38.0 Å². The number of hydrogen-bond donors (Lipinski definition) is 1. The fourth-order valence-corrected chi connectivity index (χ4v) is 2.62. The first kappa shape index (κ1) is 12.9. The van der Waals surface area contributed by atoms with Crippen LogP contribution in [-0.4, -0.2) is 18.8 Å². The summed E-state index contributed by atoms with van der Waals surface area (Å²) < 4.78 is 12.5. The molecule has 2 N–H and O–H groups in total. The second kappa shape index (κ2) is 4.59. The van der Waals surface area contributed by atoms with Crippen molar-refractivity contribution < 1.29 is 9.47 Å². The summed E-state index contributed by atoms with van der Waals surface area (Å²) in [5.74, 6) is 0.860. The molecule has 1 heterocycles. The quantitative estimate of drug-likeness (QED) is 0.913. The van der Waals surface area contributed by atoms with E-state index in [1.807, 2.05) is 32.0 Å². The maximum absolute atomic E-state index is 6.23. The number of halogens is 1. The summed E-state index contributed by atoms with van der Waals surface area (Å²) in [6, 6.07) is 5.93. The van der Waals surface area contributed by atoms with Crippen molar-refractivity contribution in [1.29, 1.82) is 0 Å². The Morgan fingerprint density at radius 2 is 2.29 bits per heavy atom. The lowest BCUT2D eigenvalue weighted by atomic mass is 9.85. The first-order valence-electron chi connectivity index (χ1n) is 5.73. The van der Waals surface area contributed by atoms with Gasteiger partial charge in [0.15, 0.2) is 0 Å². The maximum Gasteiger partial charge on any atom is 0.134 e.